The summed E-state index contributed by atoms with van der Waals surface area (Å²) < 4.78 is 1.47. The zero-order chi connectivity index (χ0) is 19.5. The van der Waals surface area contributed by atoms with E-state index in [1.165, 1.54) is 10.9 Å². The van der Waals surface area contributed by atoms with Crippen molar-refractivity contribution in [2.24, 2.45) is 0 Å². The molecule has 0 atom stereocenters. The lowest BCUT2D eigenvalue weighted by molar-refractivity contribution is -0.116. The standard InChI is InChI=1S/C21H19N5O2/c1-14-4-2-7-17-20(14)22-13-26(21(17)28)11-9-19(27)24-16-6-3-5-15(12-16)18-8-10-23-25-18/h2-8,10,12-13H,9,11H2,1H3,(H,23,25)(H,24,27). The number of hydrogen-bond acceptors (Lipinski definition) is 4. The molecular formula is C21H19N5O2. The molecule has 0 aliphatic heterocycles. The van der Waals surface area contributed by atoms with Crippen LogP contribution in [0.1, 0.15) is 12.0 Å². The number of fused-ring (bicyclic) bond motifs is 1. The molecule has 28 heavy (non-hydrogen) atoms. The van der Waals surface area contributed by atoms with Gasteiger partial charge < -0.3 is 5.32 Å². The molecule has 0 saturated heterocycles. The minimum Gasteiger partial charge on any atom is -0.326 e. The first-order valence-corrected chi connectivity index (χ1v) is 8.96. The van der Waals surface area contributed by atoms with E-state index in [4.69, 9.17) is 0 Å². The van der Waals surface area contributed by atoms with Crippen molar-refractivity contribution in [2.75, 3.05) is 5.32 Å². The average molecular weight is 373 g/mol. The van der Waals surface area contributed by atoms with Gasteiger partial charge in [-0.15, -0.1) is 0 Å². The van der Waals surface area contributed by atoms with Crippen LogP contribution >= 0.6 is 0 Å². The van der Waals surface area contributed by atoms with Gasteiger partial charge in [-0.25, -0.2) is 4.98 Å². The number of anilines is 1. The van der Waals surface area contributed by atoms with E-state index in [0.717, 1.165) is 16.8 Å². The second-order valence-electron chi connectivity index (χ2n) is 6.56. The number of aryl methyl sites for hydroxylation is 2. The Bertz CT molecular complexity index is 1200. The Hall–Kier alpha value is -3.74. The van der Waals surface area contributed by atoms with Crippen LogP contribution in [-0.4, -0.2) is 25.7 Å². The summed E-state index contributed by atoms with van der Waals surface area (Å²) >= 11 is 0. The number of nitrogens with one attached hydrogen (secondary N) is 2. The minimum absolute atomic E-state index is 0.136. The number of H-pyrrole nitrogens is 1. The van der Waals surface area contributed by atoms with Crippen molar-refractivity contribution in [1.29, 1.82) is 0 Å². The number of carbonyl (C=O) groups is 1. The molecule has 0 radical (unpaired) electrons. The SMILES string of the molecule is Cc1cccc2c(=O)n(CCC(=O)Nc3cccc(-c4ccn[nH]4)c3)cnc12. The average Bonchev–Trinajstić information content (AvgIpc) is 3.23. The number of carbonyl (C=O) groups excluding carboxylic acids is 1. The Balaban J connectivity index is 1.45. The quantitative estimate of drug-likeness (QED) is 0.562. The number of hydrogen-bond donors (Lipinski definition) is 2. The lowest BCUT2D eigenvalue weighted by Crippen LogP contribution is -2.23. The molecule has 4 rings (SSSR count). The van der Waals surface area contributed by atoms with Crippen LogP contribution in [0.5, 0.6) is 0 Å². The van der Waals surface area contributed by atoms with Gasteiger partial charge >= 0.3 is 0 Å². The van der Waals surface area contributed by atoms with Crippen LogP contribution in [0, 0.1) is 6.92 Å². The van der Waals surface area contributed by atoms with Crippen LogP contribution in [0.2, 0.25) is 0 Å². The molecule has 0 unspecified atom stereocenters. The molecule has 0 fully saturated rings. The second-order valence-corrected chi connectivity index (χ2v) is 6.56. The van der Waals surface area contributed by atoms with Gasteiger partial charge in [-0.2, -0.15) is 5.10 Å². The Morgan fingerprint density at radius 1 is 1.18 bits per heavy atom. The molecule has 0 spiro atoms. The van der Waals surface area contributed by atoms with Crippen LogP contribution in [-0.2, 0) is 11.3 Å². The Labute approximate surface area is 161 Å². The molecule has 2 N–H and O–H groups in total. The van der Waals surface area contributed by atoms with Crippen LogP contribution in [0.15, 0.2) is 65.8 Å². The summed E-state index contributed by atoms with van der Waals surface area (Å²) in [5.41, 5.74) is 4.01. The summed E-state index contributed by atoms with van der Waals surface area (Å²) in [4.78, 5) is 29.3. The van der Waals surface area contributed by atoms with Gasteiger partial charge in [0.15, 0.2) is 0 Å². The van der Waals surface area contributed by atoms with Gasteiger partial charge in [-0.3, -0.25) is 19.3 Å². The van der Waals surface area contributed by atoms with Crippen molar-refractivity contribution in [3.05, 3.63) is 77.0 Å². The molecule has 1 amide bonds. The van der Waals surface area contributed by atoms with Crippen LogP contribution in [0.4, 0.5) is 5.69 Å². The van der Waals surface area contributed by atoms with Gasteiger partial charge in [-0.05, 0) is 36.8 Å². The predicted molar refractivity (Wildman–Crippen MR) is 108 cm³/mol. The van der Waals surface area contributed by atoms with Crippen molar-refractivity contribution < 1.29 is 4.79 Å². The monoisotopic (exact) mass is 373 g/mol. The first-order valence-electron chi connectivity index (χ1n) is 8.96. The van der Waals surface area contributed by atoms with E-state index >= 15 is 0 Å². The van der Waals surface area contributed by atoms with Crippen LogP contribution in [0.3, 0.4) is 0 Å². The van der Waals surface area contributed by atoms with Gasteiger partial charge in [0.05, 0.1) is 22.9 Å². The fraction of sp³-hybridized carbons (Fsp3) is 0.143. The van der Waals surface area contributed by atoms with E-state index in [1.54, 1.807) is 12.3 Å². The number of aromatic nitrogens is 4. The first-order chi connectivity index (χ1) is 13.6. The third-order valence-electron chi connectivity index (χ3n) is 4.59. The van der Waals surface area contributed by atoms with Gasteiger partial charge in [0.1, 0.15) is 0 Å². The van der Waals surface area contributed by atoms with E-state index in [-0.39, 0.29) is 24.4 Å². The lowest BCUT2D eigenvalue weighted by atomic mass is 10.1. The summed E-state index contributed by atoms with van der Waals surface area (Å²) in [6.07, 6.45) is 3.36. The fourth-order valence-electron chi connectivity index (χ4n) is 3.12. The number of benzene rings is 2. The largest absolute Gasteiger partial charge is 0.326 e. The smallest absolute Gasteiger partial charge is 0.261 e. The third-order valence-corrected chi connectivity index (χ3v) is 4.59. The lowest BCUT2D eigenvalue weighted by Gasteiger charge is -2.09. The highest BCUT2D eigenvalue weighted by Gasteiger charge is 2.09. The zero-order valence-electron chi connectivity index (χ0n) is 15.3. The van der Waals surface area contributed by atoms with E-state index in [0.29, 0.717) is 16.6 Å². The summed E-state index contributed by atoms with van der Waals surface area (Å²) in [6, 6.07) is 14.9. The molecule has 2 heterocycles. The minimum atomic E-state index is -0.169. The molecular weight excluding hydrogens is 354 g/mol. The second kappa shape index (κ2) is 7.48. The molecule has 0 saturated carbocycles. The zero-order valence-corrected chi connectivity index (χ0v) is 15.3. The van der Waals surface area contributed by atoms with E-state index < -0.39 is 0 Å². The fourth-order valence-corrected chi connectivity index (χ4v) is 3.12. The Kier molecular flexibility index (Phi) is 4.72. The third kappa shape index (κ3) is 3.55. The maximum absolute atomic E-state index is 12.6. The molecule has 0 bridgehead atoms. The van der Waals surface area contributed by atoms with Crippen LogP contribution < -0.4 is 10.9 Å². The Morgan fingerprint density at radius 3 is 2.86 bits per heavy atom. The summed E-state index contributed by atoms with van der Waals surface area (Å²) in [7, 11) is 0. The predicted octanol–water partition coefficient (Wildman–Crippen LogP) is 3.12. The maximum Gasteiger partial charge on any atom is 0.261 e. The van der Waals surface area contributed by atoms with Crippen molar-refractivity contribution in [2.45, 2.75) is 19.9 Å². The number of amides is 1. The number of rotatable bonds is 5. The van der Waals surface area contributed by atoms with E-state index in [9.17, 15) is 9.59 Å². The van der Waals surface area contributed by atoms with Crippen molar-refractivity contribution in [3.8, 4) is 11.3 Å². The summed E-state index contributed by atoms with van der Waals surface area (Å²) in [6.45, 7) is 2.19. The van der Waals surface area contributed by atoms with Crippen molar-refractivity contribution in [1.82, 2.24) is 19.7 Å². The Morgan fingerprint density at radius 2 is 2.04 bits per heavy atom. The highest BCUT2D eigenvalue weighted by molar-refractivity contribution is 5.91. The maximum atomic E-state index is 12.6. The molecule has 7 nitrogen and oxygen atoms in total. The molecule has 7 heteroatoms. The van der Waals surface area contributed by atoms with Gasteiger partial charge in [0.25, 0.3) is 5.56 Å². The van der Waals surface area contributed by atoms with Crippen molar-refractivity contribution in [3.63, 3.8) is 0 Å². The molecule has 2 aromatic heterocycles. The summed E-state index contributed by atoms with van der Waals surface area (Å²) in [5.74, 6) is -0.169. The molecule has 140 valence electrons. The summed E-state index contributed by atoms with van der Waals surface area (Å²) in [5, 5.41) is 10.3. The number of aromatic amines is 1. The van der Waals surface area contributed by atoms with E-state index in [1.807, 2.05) is 49.4 Å². The van der Waals surface area contributed by atoms with Gasteiger partial charge in [-0.1, -0.05) is 24.3 Å². The molecule has 0 aliphatic rings. The van der Waals surface area contributed by atoms with Crippen LogP contribution in [0.25, 0.3) is 22.2 Å². The molecule has 4 aromatic rings. The topological polar surface area (TPSA) is 92.7 Å². The van der Waals surface area contributed by atoms with Crippen molar-refractivity contribution >= 4 is 22.5 Å². The van der Waals surface area contributed by atoms with Gasteiger partial charge in [0.2, 0.25) is 5.91 Å². The number of nitrogens with zero attached hydrogens (tertiary/aromatic N) is 3. The molecule has 2 aromatic carbocycles. The first kappa shape index (κ1) is 17.7. The number of para-hydroxylation sites is 1. The van der Waals surface area contributed by atoms with Gasteiger partial charge in [0, 0.05) is 30.4 Å². The van der Waals surface area contributed by atoms with E-state index in [2.05, 4.69) is 20.5 Å². The molecule has 0 aliphatic carbocycles. The normalized spacial score (nSPS) is 10.9. The highest BCUT2D eigenvalue weighted by atomic mass is 16.1. The highest BCUT2D eigenvalue weighted by Crippen LogP contribution is 2.20.